The Labute approximate surface area is 120 Å². The van der Waals surface area contributed by atoms with Gasteiger partial charge in [0.15, 0.2) is 0 Å². The third-order valence-electron chi connectivity index (χ3n) is 3.18. The standard InChI is InChI=1S/C15H14FN3S/c1-19-15-5-3-2-4-11(15)14(18-19)9-20-10-6-7-13(17)12(16)8-10/h2-8H,9,17H2,1H3. The number of benzene rings is 2. The monoisotopic (exact) mass is 287 g/mol. The maximum atomic E-state index is 13.4. The van der Waals surface area contributed by atoms with E-state index in [9.17, 15) is 4.39 Å². The van der Waals surface area contributed by atoms with Crippen molar-refractivity contribution < 1.29 is 4.39 Å². The van der Waals surface area contributed by atoms with Crippen LogP contribution in [-0.4, -0.2) is 9.78 Å². The molecule has 5 heteroatoms. The maximum Gasteiger partial charge on any atom is 0.147 e. The second-order valence-corrected chi connectivity index (χ2v) is 5.61. The van der Waals surface area contributed by atoms with E-state index in [-0.39, 0.29) is 11.5 Å². The third kappa shape index (κ3) is 2.36. The Balaban J connectivity index is 1.85. The van der Waals surface area contributed by atoms with Crippen molar-refractivity contribution in [3.8, 4) is 0 Å². The van der Waals surface area contributed by atoms with E-state index in [0.29, 0.717) is 5.75 Å². The minimum atomic E-state index is -0.374. The number of halogens is 1. The minimum absolute atomic E-state index is 0.178. The first-order valence-corrected chi connectivity index (χ1v) is 7.22. The molecule has 1 aromatic heterocycles. The molecule has 3 aromatic rings. The van der Waals surface area contributed by atoms with Gasteiger partial charge in [-0.25, -0.2) is 4.39 Å². The molecule has 0 saturated heterocycles. The van der Waals surface area contributed by atoms with Crippen LogP contribution in [0.2, 0.25) is 0 Å². The van der Waals surface area contributed by atoms with Crippen LogP contribution in [-0.2, 0) is 12.8 Å². The highest BCUT2D eigenvalue weighted by Crippen LogP contribution is 2.28. The van der Waals surface area contributed by atoms with Crippen LogP contribution in [0.1, 0.15) is 5.69 Å². The number of nitrogens with zero attached hydrogens (tertiary/aromatic N) is 2. The number of nitrogens with two attached hydrogens (primary N) is 1. The summed E-state index contributed by atoms with van der Waals surface area (Å²) >= 11 is 1.55. The summed E-state index contributed by atoms with van der Waals surface area (Å²) in [5.41, 5.74) is 7.76. The Kier molecular flexibility index (Phi) is 3.36. The van der Waals surface area contributed by atoms with Crippen LogP contribution in [0.15, 0.2) is 47.4 Å². The molecule has 20 heavy (non-hydrogen) atoms. The van der Waals surface area contributed by atoms with Crippen molar-refractivity contribution in [1.29, 1.82) is 0 Å². The molecule has 0 aliphatic carbocycles. The van der Waals surface area contributed by atoms with Gasteiger partial charge in [0.2, 0.25) is 0 Å². The van der Waals surface area contributed by atoms with Crippen LogP contribution in [0.25, 0.3) is 10.9 Å². The number of fused-ring (bicyclic) bond motifs is 1. The quantitative estimate of drug-likeness (QED) is 0.591. The van der Waals surface area contributed by atoms with E-state index in [0.717, 1.165) is 21.5 Å². The Morgan fingerprint density at radius 2 is 2.05 bits per heavy atom. The summed E-state index contributed by atoms with van der Waals surface area (Å²) < 4.78 is 15.3. The van der Waals surface area contributed by atoms with Crippen LogP contribution in [0, 0.1) is 5.82 Å². The summed E-state index contributed by atoms with van der Waals surface area (Å²) in [5.74, 6) is 0.325. The first kappa shape index (κ1) is 13.0. The van der Waals surface area contributed by atoms with Crippen LogP contribution in [0.3, 0.4) is 0 Å². The first-order valence-electron chi connectivity index (χ1n) is 6.23. The van der Waals surface area contributed by atoms with Crippen molar-refractivity contribution in [3.63, 3.8) is 0 Å². The summed E-state index contributed by atoms with van der Waals surface area (Å²) in [7, 11) is 1.93. The molecular weight excluding hydrogens is 273 g/mol. The fraction of sp³-hybridized carbons (Fsp3) is 0.133. The molecule has 0 spiro atoms. The Bertz CT molecular complexity index is 767. The van der Waals surface area contributed by atoms with Gasteiger partial charge in [0.1, 0.15) is 5.82 Å². The van der Waals surface area contributed by atoms with Crippen LogP contribution < -0.4 is 5.73 Å². The topological polar surface area (TPSA) is 43.8 Å². The van der Waals surface area contributed by atoms with Crippen LogP contribution in [0.4, 0.5) is 10.1 Å². The van der Waals surface area contributed by atoms with E-state index < -0.39 is 0 Å². The molecule has 0 saturated carbocycles. The zero-order valence-electron chi connectivity index (χ0n) is 11.0. The Morgan fingerprint density at radius 1 is 1.25 bits per heavy atom. The number of aryl methyl sites for hydroxylation is 1. The molecule has 0 atom stereocenters. The average molecular weight is 287 g/mol. The van der Waals surface area contributed by atoms with E-state index in [1.165, 1.54) is 6.07 Å². The molecule has 0 unspecified atom stereocenters. The highest BCUT2D eigenvalue weighted by molar-refractivity contribution is 7.98. The van der Waals surface area contributed by atoms with Crippen molar-refractivity contribution in [2.45, 2.75) is 10.6 Å². The number of anilines is 1. The minimum Gasteiger partial charge on any atom is -0.396 e. The van der Waals surface area contributed by atoms with Crippen molar-refractivity contribution in [2.24, 2.45) is 7.05 Å². The molecule has 0 bridgehead atoms. The molecule has 2 aromatic carbocycles. The zero-order chi connectivity index (χ0) is 14.1. The van der Waals surface area contributed by atoms with E-state index >= 15 is 0 Å². The van der Waals surface area contributed by atoms with Gasteiger partial charge in [0, 0.05) is 23.1 Å². The van der Waals surface area contributed by atoms with Crippen molar-refractivity contribution >= 4 is 28.4 Å². The average Bonchev–Trinajstić information content (AvgIpc) is 2.78. The molecule has 0 aliphatic rings. The van der Waals surface area contributed by atoms with E-state index in [4.69, 9.17) is 5.73 Å². The molecule has 3 rings (SSSR count). The van der Waals surface area contributed by atoms with Gasteiger partial charge in [0.05, 0.1) is 16.9 Å². The maximum absolute atomic E-state index is 13.4. The fourth-order valence-electron chi connectivity index (χ4n) is 2.14. The molecule has 1 heterocycles. The SMILES string of the molecule is Cn1nc(CSc2ccc(N)c(F)c2)c2ccccc21. The van der Waals surface area contributed by atoms with Gasteiger partial charge in [-0.15, -0.1) is 11.8 Å². The molecule has 102 valence electrons. The lowest BCUT2D eigenvalue weighted by atomic mass is 10.2. The summed E-state index contributed by atoms with van der Waals surface area (Å²) in [5, 5.41) is 5.66. The molecule has 0 amide bonds. The Morgan fingerprint density at radius 3 is 2.85 bits per heavy atom. The molecule has 0 fully saturated rings. The number of rotatable bonds is 3. The first-order chi connectivity index (χ1) is 9.65. The number of para-hydroxylation sites is 1. The number of aromatic nitrogens is 2. The lowest BCUT2D eigenvalue weighted by Gasteiger charge is -2.02. The molecule has 3 nitrogen and oxygen atoms in total. The van der Waals surface area contributed by atoms with Gasteiger partial charge < -0.3 is 5.73 Å². The fourth-order valence-corrected chi connectivity index (χ4v) is 3.01. The Hall–Kier alpha value is -2.01. The zero-order valence-corrected chi connectivity index (χ0v) is 11.8. The van der Waals surface area contributed by atoms with Crippen LogP contribution in [0.5, 0.6) is 0 Å². The van der Waals surface area contributed by atoms with E-state index in [1.807, 2.05) is 36.0 Å². The van der Waals surface area contributed by atoms with Crippen molar-refractivity contribution in [3.05, 3.63) is 54.0 Å². The lowest BCUT2D eigenvalue weighted by molar-refractivity contribution is 0.629. The summed E-state index contributed by atoms with van der Waals surface area (Å²) in [6.07, 6.45) is 0. The molecule has 2 N–H and O–H groups in total. The summed E-state index contributed by atoms with van der Waals surface area (Å²) in [4.78, 5) is 0.853. The number of nitrogen functional groups attached to an aromatic ring is 1. The molecular formula is C15H14FN3S. The summed E-state index contributed by atoms with van der Waals surface area (Å²) in [6.45, 7) is 0. The normalized spacial score (nSPS) is 11.1. The molecule has 0 aliphatic heterocycles. The van der Waals surface area contributed by atoms with E-state index in [1.54, 1.807) is 17.8 Å². The molecule has 0 radical (unpaired) electrons. The predicted octanol–water partition coefficient (Wildman–Crippen LogP) is 3.59. The highest BCUT2D eigenvalue weighted by Gasteiger charge is 2.08. The van der Waals surface area contributed by atoms with Crippen molar-refractivity contribution in [2.75, 3.05) is 5.73 Å². The van der Waals surface area contributed by atoms with Gasteiger partial charge in [-0.2, -0.15) is 5.10 Å². The highest BCUT2D eigenvalue weighted by atomic mass is 32.2. The smallest absolute Gasteiger partial charge is 0.147 e. The third-order valence-corrected chi connectivity index (χ3v) is 4.19. The second kappa shape index (κ2) is 5.17. The van der Waals surface area contributed by atoms with Gasteiger partial charge in [0.25, 0.3) is 0 Å². The number of hydrogen-bond donors (Lipinski definition) is 1. The number of hydrogen-bond acceptors (Lipinski definition) is 3. The van der Waals surface area contributed by atoms with Gasteiger partial charge in [-0.1, -0.05) is 18.2 Å². The van der Waals surface area contributed by atoms with E-state index in [2.05, 4.69) is 11.2 Å². The van der Waals surface area contributed by atoms with Gasteiger partial charge >= 0.3 is 0 Å². The van der Waals surface area contributed by atoms with Gasteiger partial charge in [-0.05, 0) is 24.3 Å². The van der Waals surface area contributed by atoms with Crippen LogP contribution >= 0.6 is 11.8 Å². The van der Waals surface area contributed by atoms with Gasteiger partial charge in [-0.3, -0.25) is 4.68 Å². The summed E-state index contributed by atoms with van der Waals surface area (Å²) in [6, 6.07) is 13.0. The lowest BCUT2D eigenvalue weighted by Crippen LogP contribution is -1.91. The second-order valence-electron chi connectivity index (χ2n) is 4.56. The number of thioether (sulfide) groups is 1. The van der Waals surface area contributed by atoms with Crippen molar-refractivity contribution in [1.82, 2.24) is 9.78 Å². The predicted molar refractivity (Wildman–Crippen MR) is 81.1 cm³/mol. The largest absolute Gasteiger partial charge is 0.396 e.